The van der Waals surface area contributed by atoms with E-state index in [4.69, 9.17) is 4.74 Å². The van der Waals surface area contributed by atoms with Crippen LogP contribution in [0.2, 0.25) is 0 Å². The Morgan fingerprint density at radius 3 is 2.61 bits per heavy atom. The van der Waals surface area contributed by atoms with Crippen LogP contribution in [0.1, 0.15) is 91.9 Å². The van der Waals surface area contributed by atoms with E-state index in [9.17, 15) is 9.59 Å². The molecule has 7 atom stereocenters. The molecule has 0 saturated heterocycles. The number of carbonyl (C=O) groups is 2. The van der Waals surface area contributed by atoms with Crippen molar-refractivity contribution in [3.63, 3.8) is 0 Å². The molecule has 0 spiro atoms. The van der Waals surface area contributed by atoms with Gasteiger partial charge < -0.3 is 4.74 Å². The van der Waals surface area contributed by atoms with Crippen LogP contribution in [0, 0.1) is 34.5 Å². The number of ether oxygens (including phenoxy) is 1. The SMILES string of the molecule is CCCC(=O)O[C@@H]1CC[C@@]2(C)[C@@H](CC[C@H]3[C@H]2CC[C@]2(C)C(C(C)=O)=CC[C@@H]32)C1. The number of ketones is 1. The number of esters is 1. The smallest absolute Gasteiger partial charge is 0.306 e. The van der Waals surface area contributed by atoms with Gasteiger partial charge in [-0.05, 0) is 105 Å². The maximum atomic E-state index is 12.2. The molecule has 0 unspecified atom stereocenters. The summed E-state index contributed by atoms with van der Waals surface area (Å²) >= 11 is 0. The molecule has 3 nitrogen and oxygen atoms in total. The summed E-state index contributed by atoms with van der Waals surface area (Å²) in [5.74, 6) is 3.16. The number of hydrogen-bond donors (Lipinski definition) is 0. The van der Waals surface area contributed by atoms with E-state index < -0.39 is 0 Å². The molecule has 0 bridgehead atoms. The number of Topliss-reactive ketones (excluding diaryl/α,β-unsaturated/α-hetero) is 1. The molecule has 0 heterocycles. The average molecular weight is 387 g/mol. The van der Waals surface area contributed by atoms with Crippen LogP contribution < -0.4 is 0 Å². The third kappa shape index (κ3) is 3.08. The summed E-state index contributed by atoms with van der Waals surface area (Å²) in [5, 5.41) is 0. The van der Waals surface area contributed by atoms with Crippen LogP contribution in [0.25, 0.3) is 0 Å². The zero-order valence-corrected chi connectivity index (χ0v) is 18.3. The molecule has 4 aliphatic rings. The van der Waals surface area contributed by atoms with Crippen LogP contribution in [0.5, 0.6) is 0 Å². The molecular weight excluding hydrogens is 348 g/mol. The Morgan fingerprint density at radius 1 is 1.11 bits per heavy atom. The molecule has 3 fully saturated rings. The van der Waals surface area contributed by atoms with E-state index in [1.165, 1.54) is 32.1 Å². The second-order valence-corrected chi connectivity index (χ2v) is 10.7. The number of hydrogen-bond acceptors (Lipinski definition) is 3. The van der Waals surface area contributed by atoms with Gasteiger partial charge in [-0.1, -0.05) is 26.8 Å². The van der Waals surface area contributed by atoms with Crippen molar-refractivity contribution in [2.45, 2.75) is 98.0 Å². The molecule has 0 aromatic carbocycles. The first kappa shape index (κ1) is 20.2. The van der Waals surface area contributed by atoms with Crippen molar-refractivity contribution in [3.05, 3.63) is 11.6 Å². The summed E-state index contributed by atoms with van der Waals surface area (Å²) < 4.78 is 5.80. The molecule has 156 valence electrons. The predicted octanol–water partition coefficient (Wildman–Crippen LogP) is 5.87. The quantitative estimate of drug-likeness (QED) is 0.568. The van der Waals surface area contributed by atoms with Crippen molar-refractivity contribution < 1.29 is 14.3 Å². The molecule has 28 heavy (non-hydrogen) atoms. The normalized spacial score (nSPS) is 44.7. The number of carbonyl (C=O) groups excluding carboxylic acids is 2. The third-order valence-corrected chi connectivity index (χ3v) is 9.33. The van der Waals surface area contributed by atoms with Gasteiger partial charge >= 0.3 is 5.97 Å². The number of rotatable bonds is 4. The molecule has 4 aliphatic carbocycles. The summed E-state index contributed by atoms with van der Waals surface area (Å²) in [5.41, 5.74) is 1.62. The Labute approximate surface area is 170 Å². The predicted molar refractivity (Wildman–Crippen MR) is 111 cm³/mol. The Balaban J connectivity index is 1.48. The lowest BCUT2D eigenvalue weighted by Gasteiger charge is -2.60. The highest BCUT2D eigenvalue weighted by atomic mass is 16.5. The fraction of sp³-hybridized carbons (Fsp3) is 0.840. The summed E-state index contributed by atoms with van der Waals surface area (Å²) in [6, 6.07) is 0. The largest absolute Gasteiger partial charge is 0.462 e. The van der Waals surface area contributed by atoms with Gasteiger partial charge in [0.05, 0.1) is 0 Å². The van der Waals surface area contributed by atoms with Crippen molar-refractivity contribution in [3.8, 4) is 0 Å². The third-order valence-electron chi connectivity index (χ3n) is 9.33. The lowest BCUT2D eigenvalue weighted by molar-refractivity contribution is -0.161. The Kier molecular flexibility index (Phi) is 5.25. The molecule has 0 aromatic rings. The average Bonchev–Trinajstić information content (AvgIpc) is 2.99. The monoisotopic (exact) mass is 386 g/mol. The van der Waals surface area contributed by atoms with Crippen LogP contribution in [-0.4, -0.2) is 17.9 Å². The molecule has 4 rings (SSSR count). The van der Waals surface area contributed by atoms with E-state index in [-0.39, 0.29) is 23.3 Å². The van der Waals surface area contributed by atoms with Gasteiger partial charge in [0.25, 0.3) is 0 Å². The van der Waals surface area contributed by atoms with Crippen molar-refractivity contribution in [1.29, 1.82) is 0 Å². The van der Waals surface area contributed by atoms with E-state index >= 15 is 0 Å². The summed E-state index contributed by atoms with van der Waals surface area (Å²) in [7, 11) is 0. The fourth-order valence-corrected chi connectivity index (χ4v) is 7.89. The molecule has 3 heteroatoms. The highest BCUT2D eigenvalue weighted by Crippen LogP contribution is 2.66. The second kappa shape index (κ2) is 7.29. The lowest BCUT2D eigenvalue weighted by Crippen LogP contribution is -2.54. The van der Waals surface area contributed by atoms with Crippen LogP contribution in [-0.2, 0) is 14.3 Å². The Bertz CT molecular complexity index is 679. The van der Waals surface area contributed by atoms with Gasteiger partial charge in [0, 0.05) is 6.42 Å². The Hall–Kier alpha value is -1.12. The van der Waals surface area contributed by atoms with E-state index in [1.54, 1.807) is 6.92 Å². The molecule has 0 aliphatic heterocycles. The fourth-order valence-electron chi connectivity index (χ4n) is 7.89. The van der Waals surface area contributed by atoms with E-state index in [1.807, 2.05) is 6.92 Å². The second-order valence-electron chi connectivity index (χ2n) is 10.7. The topological polar surface area (TPSA) is 43.4 Å². The zero-order valence-electron chi connectivity index (χ0n) is 18.3. The van der Waals surface area contributed by atoms with Gasteiger partial charge in [-0.15, -0.1) is 0 Å². The standard InChI is InChI=1S/C25H38O3/c1-5-6-23(27)28-18-11-13-24(3)17(15-18)7-8-19-21-10-9-20(16(2)26)25(21,4)14-12-22(19)24/h9,17-19,21-22H,5-8,10-15H2,1-4H3/t17-,18+,19+,21-,22+,24-,25+/m0/s1. The van der Waals surface area contributed by atoms with Crippen molar-refractivity contribution in [2.24, 2.45) is 34.5 Å². The van der Waals surface area contributed by atoms with Crippen LogP contribution in [0.3, 0.4) is 0 Å². The molecule has 3 saturated carbocycles. The minimum absolute atomic E-state index is 0.00739. The van der Waals surface area contributed by atoms with Gasteiger partial charge in [0.2, 0.25) is 0 Å². The number of fused-ring (bicyclic) bond motifs is 5. The van der Waals surface area contributed by atoms with E-state index in [0.717, 1.165) is 43.1 Å². The molecule has 0 N–H and O–H groups in total. The van der Waals surface area contributed by atoms with Gasteiger partial charge in [0.15, 0.2) is 5.78 Å². The summed E-state index contributed by atoms with van der Waals surface area (Å²) in [4.78, 5) is 24.2. The van der Waals surface area contributed by atoms with Gasteiger partial charge in [-0.2, -0.15) is 0 Å². The summed E-state index contributed by atoms with van der Waals surface area (Å²) in [6.45, 7) is 8.69. The van der Waals surface area contributed by atoms with Gasteiger partial charge in [0.1, 0.15) is 6.10 Å². The van der Waals surface area contributed by atoms with E-state index in [2.05, 4.69) is 19.9 Å². The van der Waals surface area contributed by atoms with Crippen molar-refractivity contribution in [2.75, 3.05) is 0 Å². The van der Waals surface area contributed by atoms with Gasteiger partial charge in [-0.3, -0.25) is 9.59 Å². The number of allylic oxidation sites excluding steroid dienone is 2. The van der Waals surface area contributed by atoms with Crippen molar-refractivity contribution in [1.82, 2.24) is 0 Å². The minimum atomic E-state index is -0.00739. The zero-order chi connectivity index (χ0) is 20.1. The van der Waals surface area contributed by atoms with Crippen molar-refractivity contribution >= 4 is 11.8 Å². The maximum Gasteiger partial charge on any atom is 0.306 e. The van der Waals surface area contributed by atoms with E-state index in [0.29, 0.717) is 23.7 Å². The first-order valence-corrected chi connectivity index (χ1v) is 11.7. The lowest BCUT2D eigenvalue weighted by atomic mass is 9.44. The van der Waals surface area contributed by atoms with Gasteiger partial charge in [-0.25, -0.2) is 0 Å². The first-order chi connectivity index (χ1) is 13.3. The van der Waals surface area contributed by atoms with Crippen LogP contribution in [0.4, 0.5) is 0 Å². The molecule has 0 amide bonds. The minimum Gasteiger partial charge on any atom is -0.462 e. The molecule has 0 aromatic heterocycles. The Morgan fingerprint density at radius 2 is 1.89 bits per heavy atom. The molecular formula is C25H38O3. The summed E-state index contributed by atoms with van der Waals surface area (Å²) in [6.07, 6.45) is 13.2. The van der Waals surface area contributed by atoms with Crippen LogP contribution in [0.15, 0.2) is 11.6 Å². The highest BCUT2D eigenvalue weighted by molar-refractivity contribution is 5.95. The van der Waals surface area contributed by atoms with Crippen LogP contribution >= 0.6 is 0 Å². The maximum absolute atomic E-state index is 12.2. The molecule has 0 radical (unpaired) electrons. The first-order valence-electron chi connectivity index (χ1n) is 11.7. The highest BCUT2D eigenvalue weighted by Gasteiger charge is 2.59.